The zero-order valence-electron chi connectivity index (χ0n) is 13.9. The first-order chi connectivity index (χ1) is 11.1. The molecule has 2 rings (SSSR count). The third-order valence-corrected chi connectivity index (χ3v) is 5.30. The third kappa shape index (κ3) is 3.36. The first-order valence-corrected chi connectivity index (χ1v) is 8.70. The van der Waals surface area contributed by atoms with Crippen LogP contribution in [-0.2, 0) is 19.6 Å². The summed E-state index contributed by atoms with van der Waals surface area (Å²) in [6.07, 6.45) is 0. The van der Waals surface area contributed by atoms with E-state index in [9.17, 15) is 18.0 Å². The maximum Gasteiger partial charge on any atom is 0.329 e. The van der Waals surface area contributed by atoms with Gasteiger partial charge in [-0.05, 0) is 25.2 Å². The van der Waals surface area contributed by atoms with Crippen LogP contribution in [-0.4, -0.2) is 47.1 Å². The van der Waals surface area contributed by atoms with Crippen LogP contribution in [0.3, 0.4) is 0 Å². The third-order valence-electron chi connectivity index (χ3n) is 3.86. The highest BCUT2D eigenvalue weighted by atomic mass is 32.2. The molecule has 0 radical (unpaired) electrons. The minimum atomic E-state index is -3.80. The van der Waals surface area contributed by atoms with Gasteiger partial charge in [-0.3, -0.25) is 4.79 Å². The van der Waals surface area contributed by atoms with Crippen LogP contribution in [0.1, 0.15) is 24.2 Å². The van der Waals surface area contributed by atoms with Gasteiger partial charge < -0.3 is 14.8 Å². The fraction of sp³-hybridized carbons (Fsp3) is 0.467. The summed E-state index contributed by atoms with van der Waals surface area (Å²) in [6.45, 7) is 3.81. The number of hydrogen-bond donors (Lipinski definition) is 2. The summed E-state index contributed by atoms with van der Waals surface area (Å²) >= 11 is 0. The van der Waals surface area contributed by atoms with Gasteiger partial charge in [0.25, 0.3) is 5.91 Å². The molecule has 0 aromatic heterocycles. The molecule has 8 nitrogen and oxygen atoms in total. The van der Waals surface area contributed by atoms with Crippen LogP contribution < -0.4 is 14.8 Å². The van der Waals surface area contributed by atoms with Crippen molar-refractivity contribution in [2.24, 2.45) is 5.41 Å². The van der Waals surface area contributed by atoms with Crippen molar-refractivity contribution in [2.75, 3.05) is 20.8 Å². The Morgan fingerprint density at radius 1 is 1.38 bits per heavy atom. The lowest BCUT2D eigenvalue weighted by Crippen LogP contribution is -2.46. The molecular weight excluding hydrogens is 336 g/mol. The van der Waals surface area contributed by atoms with Gasteiger partial charge in [0.05, 0.1) is 13.7 Å². The number of carbonyl (C=O) groups excluding carboxylic acids is 2. The second kappa shape index (κ2) is 6.40. The normalized spacial score (nSPS) is 19.7. The lowest BCUT2D eigenvalue weighted by atomic mass is 9.87. The number of cyclic esters (lactones) is 1. The number of amides is 1. The van der Waals surface area contributed by atoms with E-state index in [4.69, 9.17) is 9.47 Å². The van der Waals surface area contributed by atoms with E-state index in [-0.39, 0.29) is 22.8 Å². The Morgan fingerprint density at radius 3 is 2.54 bits per heavy atom. The fourth-order valence-electron chi connectivity index (χ4n) is 2.35. The molecule has 0 aliphatic carbocycles. The fourth-order valence-corrected chi connectivity index (χ4v) is 3.27. The first-order valence-electron chi connectivity index (χ1n) is 7.21. The number of ether oxygens (including phenoxy) is 2. The molecule has 1 atom stereocenters. The van der Waals surface area contributed by atoms with Crippen molar-refractivity contribution >= 4 is 21.9 Å². The number of rotatable bonds is 5. The Morgan fingerprint density at radius 2 is 2.04 bits per heavy atom. The van der Waals surface area contributed by atoms with E-state index in [0.717, 1.165) is 0 Å². The highest BCUT2D eigenvalue weighted by molar-refractivity contribution is 7.89. The molecule has 0 bridgehead atoms. The summed E-state index contributed by atoms with van der Waals surface area (Å²) in [7, 11) is -1.21. The van der Waals surface area contributed by atoms with E-state index in [2.05, 4.69) is 10.0 Å². The van der Waals surface area contributed by atoms with Crippen molar-refractivity contribution in [3.63, 3.8) is 0 Å². The van der Waals surface area contributed by atoms with Gasteiger partial charge in [0, 0.05) is 11.0 Å². The molecule has 1 aromatic rings. The van der Waals surface area contributed by atoms with E-state index in [1.165, 1.54) is 32.4 Å². The predicted octanol–water partition coefficient (Wildman–Crippen LogP) is 0.285. The van der Waals surface area contributed by atoms with Crippen LogP contribution in [0.5, 0.6) is 5.75 Å². The second-order valence-electron chi connectivity index (χ2n) is 6.08. The van der Waals surface area contributed by atoms with Gasteiger partial charge in [-0.25, -0.2) is 17.9 Å². The van der Waals surface area contributed by atoms with Gasteiger partial charge in [-0.1, -0.05) is 13.8 Å². The van der Waals surface area contributed by atoms with Gasteiger partial charge in [0.15, 0.2) is 0 Å². The van der Waals surface area contributed by atoms with Crippen molar-refractivity contribution in [3.05, 3.63) is 23.8 Å². The van der Waals surface area contributed by atoms with Crippen LogP contribution in [0.4, 0.5) is 0 Å². The van der Waals surface area contributed by atoms with Crippen molar-refractivity contribution in [2.45, 2.75) is 24.8 Å². The van der Waals surface area contributed by atoms with E-state index < -0.39 is 33.4 Å². The summed E-state index contributed by atoms with van der Waals surface area (Å²) in [4.78, 5) is 24.0. The number of hydrogen-bond acceptors (Lipinski definition) is 6. The molecule has 1 heterocycles. The monoisotopic (exact) mass is 356 g/mol. The smallest absolute Gasteiger partial charge is 0.329 e. The molecule has 1 amide bonds. The lowest BCUT2D eigenvalue weighted by molar-refractivity contribution is -0.139. The van der Waals surface area contributed by atoms with Gasteiger partial charge >= 0.3 is 5.97 Å². The zero-order chi connectivity index (χ0) is 18.1. The number of carbonyl (C=O) groups is 2. The minimum absolute atomic E-state index is 0.0973. The van der Waals surface area contributed by atoms with Crippen LogP contribution in [0.25, 0.3) is 0 Å². The number of methoxy groups -OCH3 is 1. The highest BCUT2D eigenvalue weighted by Crippen LogP contribution is 2.29. The maximum atomic E-state index is 12.4. The number of sulfonamides is 1. The molecule has 24 heavy (non-hydrogen) atoms. The molecule has 0 spiro atoms. The molecule has 1 aliphatic rings. The van der Waals surface area contributed by atoms with Gasteiger partial charge in [0.1, 0.15) is 16.7 Å². The summed E-state index contributed by atoms with van der Waals surface area (Å²) in [5, 5.41) is 2.60. The lowest BCUT2D eigenvalue weighted by Gasteiger charge is -2.22. The van der Waals surface area contributed by atoms with Crippen molar-refractivity contribution < 1.29 is 27.5 Å². The van der Waals surface area contributed by atoms with Crippen molar-refractivity contribution in [1.82, 2.24) is 10.0 Å². The summed E-state index contributed by atoms with van der Waals surface area (Å²) in [5.41, 5.74) is -0.445. The molecule has 1 aliphatic heterocycles. The van der Waals surface area contributed by atoms with Crippen molar-refractivity contribution in [3.8, 4) is 5.75 Å². The number of benzene rings is 1. The van der Waals surface area contributed by atoms with Crippen LogP contribution in [0.2, 0.25) is 0 Å². The van der Waals surface area contributed by atoms with Gasteiger partial charge in [-0.15, -0.1) is 0 Å². The second-order valence-corrected chi connectivity index (χ2v) is 7.93. The Labute approximate surface area is 140 Å². The molecule has 132 valence electrons. The van der Waals surface area contributed by atoms with Gasteiger partial charge in [-0.2, -0.15) is 0 Å². The SMILES string of the molecule is CNS(=O)(=O)c1cc(C(=O)N[C@H]2C(=O)OCC2(C)C)ccc1OC. The molecular formula is C15H20N2O6S. The van der Waals surface area contributed by atoms with E-state index >= 15 is 0 Å². The van der Waals surface area contributed by atoms with Crippen LogP contribution >= 0.6 is 0 Å². The molecule has 1 saturated heterocycles. The summed E-state index contributed by atoms with van der Waals surface area (Å²) in [6, 6.07) is 3.22. The Hall–Kier alpha value is -2.13. The van der Waals surface area contributed by atoms with E-state index in [0.29, 0.717) is 0 Å². The number of nitrogens with one attached hydrogen (secondary N) is 2. The maximum absolute atomic E-state index is 12.4. The average Bonchev–Trinajstić information content (AvgIpc) is 2.81. The average molecular weight is 356 g/mol. The summed E-state index contributed by atoms with van der Waals surface area (Å²) < 4.78 is 36.3. The molecule has 0 unspecified atom stereocenters. The standard InChI is InChI=1S/C15H20N2O6S/c1-15(2)8-23-14(19)12(15)17-13(18)9-5-6-10(22-4)11(7-9)24(20,21)16-3/h5-7,12,16H,8H2,1-4H3,(H,17,18)/t12-/m0/s1. The quantitative estimate of drug-likeness (QED) is 0.734. The molecule has 1 aromatic carbocycles. The van der Waals surface area contributed by atoms with E-state index in [1.54, 1.807) is 13.8 Å². The van der Waals surface area contributed by atoms with Crippen LogP contribution in [0.15, 0.2) is 23.1 Å². The Balaban J connectivity index is 2.34. The predicted molar refractivity (Wildman–Crippen MR) is 85.2 cm³/mol. The highest BCUT2D eigenvalue weighted by Gasteiger charge is 2.44. The Bertz CT molecular complexity index is 772. The molecule has 2 N–H and O–H groups in total. The molecule has 9 heteroatoms. The minimum Gasteiger partial charge on any atom is -0.495 e. The van der Waals surface area contributed by atoms with Gasteiger partial charge in [0.2, 0.25) is 10.0 Å². The van der Waals surface area contributed by atoms with Crippen molar-refractivity contribution in [1.29, 1.82) is 0 Å². The zero-order valence-corrected chi connectivity index (χ0v) is 14.7. The first kappa shape index (κ1) is 18.2. The largest absolute Gasteiger partial charge is 0.495 e. The van der Waals surface area contributed by atoms with Crippen LogP contribution in [0, 0.1) is 5.41 Å². The van der Waals surface area contributed by atoms with E-state index in [1.807, 2.05) is 0 Å². The Kier molecular flexibility index (Phi) is 4.86. The topological polar surface area (TPSA) is 111 Å². The molecule has 0 saturated carbocycles. The number of esters is 1. The summed E-state index contributed by atoms with van der Waals surface area (Å²) in [5.74, 6) is -0.964. The molecule has 1 fully saturated rings.